The maximum Gasteiger partial charge on any atom is 0.354 e. The van der Waals surface area contributed by atoms with Crippen molar-refractivity contribution in [2.24, 2.45) is 0 Å². The molecule has 0 saturated heterocycles. The predicted molar refractivity (Wildman–Crippen MR) is 82.0 cm³/mol. The molecule has 2 aromatic rings. The molecule has 0 bridgehead atoms. The molecule has 1 heterocycles. The molecule has 0 atom stereocenters. The zero-order chi connectivity index (χ0) is 15.4. The quantitative estimate of drug-likeness (QED) is 0.635. The normalized spacial score (nSPS) is 10.5. The number of halogens is 1. The predicted octanol–water partition coefficient (Wildman–Crippen LogP) is 2.75. The summed E-state index contributed by atoms with van der Waals surface area (Å²) in [6.45, 7) is 0.461. The van der Waals surface area contributed by atoms with Crippen LogP contribution >= 0.6 is 15.9 Å². The number of aromatic amines is 1. The SMILES string of the molecule is COC(=O)c1cc2cc(OC)c(OCCBr)c(OC)c2[nH]1. The maximum absolute atomic E-state index is 11.6. The van der Waals surface area contributed by atoms with Gasteiger partial charge < -0.3 is 23.9 Å². The van der Waals surface area contributed by atoms with E-state index in [9.17, 15) is 4.79 Å². The Morgan fingerprint density at radius 3 is 2.52 bits per heavy atom. The van der Waals surface area contributed by atoms with Crippen LogP contribution in [0, 0.1) is 0 Å². The first-order valence-electron chi connectivity index (χ1n) is 6.21. The zero-order valence-corrected chi connectivity index (χ0v) is 13.6. The number of esters is 1. The Morgan fingerprint density at radius 2 is 1.95 bits per heavy atom. The number of ether oxygens (including phenoxy) is 4. The van der Waals surface area contributed by atoms with Gasteiger partial charge in [-0.2, -0.15) is 0 Å². The second-order valence-corrected chi connectivity index (χ2v) is 4.91. The van der Waals surface area contributed by atoms with Crippen LogP contribution in [0.4, 0.5) is 0 Å². The van der Waals surface area contributed by atoms with Gasteiger partial charge in [0.05, 0.1) is 33.5 Å². The number of alkyl halides is 1. The first kappa shape index (κ1) is 15.5. The largest absolute Gasteiger partial charge is 0.493 e. The minimum atomic E-state index is -0.449. The molecule has 114 valence electrons. The summed E-state index contributed by atoms with van der Waals surface area (Å²) in [5.74, 6) is 1.07. The van der Waals surface area contributed by atoms with Crippen molar-refractivity contribution in [3.63, 3.8) is 0 Å². The Kier molecular flexibility index (Phi) is 4.95. The van der Waals surface area contributed by atoms with Gasteiger partial charge in [0, 0.05) is 10.7 Å². The third-order valence-electron chi connectivity index (χ3n) is 2.94. The molecule has 1 N–H and O–H groups in total. The topological polar surface area (TPSA) is 69.8 Å². The molecular weight excluding hydrogens is 342 g/mol. The number of hydrogen-bond donors (Lipinski definition) is 1. The van der Waals surface area contributed by atoms with E-state index in [1.54, 1.807) is 19.2 Å². The molecule has 0 fully saturated rings. The van der Waals surface area contributed by atoms with Gasteiger partial charge in [0.1, 0.15) is 5.69 Å². The fourth-order valence-electron chi connectivity index (χ4n) is 2.05. The molecule has 0 unspecified atom stereocenters. The summed E-state index contributed by atoms with van der Waals surface area (Å²) in [6.07, 6.45) is 0. The molecule has 0 aliphatic rings. The Balaban J connectivity index is 2.63. The minimum absolute atomic E-state index is 0.338. The first-order chi connectivity index (χ1) is 10.2. The summed E-state index contributed by atoms with van der Waals surface area (Å²) in [7, 11) is 4.42. The van der Waals surface area contributed by atoms with Crippen molar-refractivity contribution in [3.8, 4) is 17.2 Å². The van der Waals surface area contributed by atoms with Gasteiger partial charge in [0.2, 0.25) is 5.75 Å². The van der Waals surface area contributed by atoms with Gasteiger partial charge in [-0.15, -0.1) is 0 Å². The number of rotatable bonds is 6. The van der Waals surface area contributed by atoms with Gasteiger partial charge in [-0.1, -0.05) is 15.9 Å². The van der Waals surface area contributed by atoms with Crippen molar-refractivity contribution in [3.05, 3.63) is 17.8 Å². The van der Waals surface area contributed by atoms with Crippen LogP contribution < -0.4 is 14.2 Å². The van der Waals surface area contributed by atoms with E-state index in [2.05, 4.69) is 20.9 Å². The van der Waals surface area contributed by atoms with Gasteiger partial charge in [0.15, 0.2) is 11.5 Å². The number of nitrogens with one attached hydrogen (secondary N) is 1. The maximum atomic E-state index is 11.6. The third-order valence-corrected chi connectivity index (χ3v) is 3.27. The number of carbonyl (C=O) groups excluding carboxylic acids is 1. The molecule has 7 heteroatoms. The van der Waals surface area contributed by atoms with Crippen LogP contribution in [0.5, 0.6) is 17.2 Å². The van der Waals surface area contributed by atoms with Crippen LogP contribution in [0.25, 0.3) is 10.9 Å². The van der Waals surface area contributed by atoms with E-state index in [0.717, 1.165) is 5.39 Å². The van der Waals surface area contributed by atoms with Crippen LogP contribution in [0.1, 0.15) is 10.5 Å². The van der Waals surface area contributed by atoms with Crippen LogP contribution in [0.15, 0.2) is 12.1 Å². The molecular formula is C14H16BrNO5. The Labute approximate surface area is 130 Å². The minimum Gasteiger partial charge on any atom is -0.493 e. The lowest BCUT2D eigenvalue weighted by Crippen LogP contribution is -2.03. The van der Waals surface area contributed by atoms with Crippen molar-refractivity contribution in [1.29, 1.82) is 0 Å². The third kappa shape index (κ3) is 2.92. The molecule has 21 heavy (non-hydrogen) atoms. The van der Waals surface area contributed by atoms with E-state index in [1.807, 2.05) is 0 Å². The van der Waals surface area contributed by atoms with E-state index < -0.39 is 5.97 Å². The summed E-state index contributed by atoms with van der Waals surface area (Å²) >= 11 is 3.31. The molecule has 0 saturated carbocycles. The highest BCUT2D eigenvalue weighted by molar-refractivity contribution is 9.09. The molecule has 1 aromatic heterocycles. The average molecular weight is 358 g/mol. The Hall–Kier alpha value is -1.89. The first-order valence-corrected chi connectivity index (χ1v) is 7.33. The van der Waals surface area contributed by atoms with Crippen molar-refractivity contribution >= 4 is 32.8 Å². The molecule has 0 aliphatic carbocycles. The summed E-state index contributed by atoms with van der Waals surface area (Å²) in [6, 6.07) is 3.46. The molecule has 2 rings (SSSR count). The molecule has 6 nitrogen and oxygen atoms in total. The van der Waals surface area contributed by atoms with Crippen LogP contribution in [-0.4, -0.2) is 44.2 Å². The van der Waals surface area contributed by atoms with Crippen molar-refractivity contribution in [2.75, 3.05) is 33.3 Å². The summed E-state index contributed by atoms with van der Waals surface area (Å²) in [5.41, 5.74) is 0.994. The second-order valence-electron chi connectivity index (χ2n) is 4.12. The fourth-order valence-corrected chi connectivity index (χ4v) is 2.21. The highest BCUT2D eigenvalue weighted by Crippen LogP contribution is 2.43. The summed E-state index contributed by atoms with van der Waals surface area (Å²) in [4.78, 5) is 14.6. The van der Waals surface area contributed by atoms with E-state index in [0.29, 0.717) is 40.4 Å². The standard InChI is InChI=1S/C14H16BrNO5/c1-18-10-7-8-6-9(14(17)20-3)16-11(8)13(19-2)12(10)21-5-4-15/h6-7,16H,4-5H2,1-3H3. The van der Waals surface area contributed by atoms with Crippen LogP contribution in [0.2, 0.25) is 0 Å². The van der Waals surface area contributed by atoms with Crippen LogP contribution in [-0.2, 0) is 4.74 Å². The highest BCUT2D eigenvalue weighted by atomic mass is 79.9. The lowest BCUT2D eigenvalue weighted by atomic mass is 10.2. The number of H-pyrrole nitrogens is 1. The van der Waals surface area contributed by atoms with E-state index in [-0.39, 0.29) is 0 Å². The number of benzene rings is 1. The average Bonchev–Trinajstić information content (AvgIpc) is 2.94. The summed E-state index contributed by atoms with van der Waals surface area (Å²) < 4.78 is 21.1. The van der Waals surface area contributed by atoms with Gasteiger partial charge in [-0.05, 0) is 12.1 Å². The van der Waals surface area contributed by atoms with Gasteiger partial charge >= 0.3 is 5.97 Å². The fraction of sp³-hybridized carbons (Fsp3) is 0.357. The molecule has 0 aliphatic heterocycles. The van der Waals surface area contributed by atoms with Gasteiger partial charge in [-0.25, -0.2) is 4.79 Å². The van der Waals surface area contributed by atoms with Gasteiger partial charge in [0.25, 0.3) is 0 Å². The van der Waals surface area contributed by atoms with E-state index in [1.165, 1.54) is 14.2 Å². The zero-order valence-electron chi connectivity index (χ0n) is 12.0. The highest BCUT2D eigenvalue weighted by Gasteiger charge is 2.20. The Bertz CT molecular complexity index is 652. The van der Waals surface area contributed by atoms with E-state index in [4.69, 9.17) is 18.9 Å². The van der Waals surface area contributed by atoms with Crippen molar-refractivity contribution in [1.82, 2.24) is 4.98 Å². The van der Waals surface area contributed by atoms with Crippen molar-refractivity contribution in [2.45, 2.75) is 0 Å². The summed E-state index contributed by atoms with van der Waals surface area (Å²) in [5, 5.41) is 1.45. The molecule has 1 aromatic carbocycles. The van der Waals surface area contributed by atoms with Crippen molar-refractivity contribution < 1.29 is 23.7 Å². The lowest BCUT2D eigenvalue weighted by Gasteiger charge is -2.14. The Morgan fingerprint density at radius 1 is 1.19 bits per heavy atom. The molecule has 0 amide bonds. The molecule has 0 radical (unpaired) electrons. The second kappa shape index (κ2) is 6.71. The number of aromatic nitrogens is 1. The van der Waals surface area contributed by atoms with E-state index >= 15 is 0 Å². The molecule has 0 spiro atoms. The number of hydrogen-bond acceptors (Lipinski definition) is 5. The number of methoxy groups -OCH3 is 3. The number of carbonyl (C=O) groups is 1. The monoisotopic (exact) mass is 357 g/mol. The number of fused-ring (bicyclic) bond motifs is 1. The van der Waals surface area contributed by atoms with Crippen LogP contribution in [0.3, 0.4) is 0 Å². The smallest absolute Gasteiger partial charge is 0.354 e. The van der Waals surface area contributed by atoms with Gasteiger partial charge in [-0.3, -0.25) is 0 Å². The lowest BCUT2D eigenvalue weighted by molar-refractivity contribution is 0.0595.